The van der Waals surface area contributed by atoms with Gasteiger partial charge in [0.05, 0.1) is 23.8 Å². The van der Waals surface area contributed by atoms with E-state index in [1.165, 1.54) is 30.4 Å². The van der Waals surface area contributed by atoms with E-state index >= 15 is 9.13 Å². The molecule has 2 aromatic heterocycles. The van der Waals surface area contributed by atoms with E-state index < -0.39 is 49.5 Å². The van der Waals surface area contributed by atoms with Gasteiger partial charge >= 0.3 is 63.3 Å². The van der Waals surface area contributed by atoms with Crippen molar-refractivity contribution in [2.45, 2.75) is 123 Å². The summed E-state index contributed by atoms with van der Waals surface area (Å²) in [5.74, 6) is 0.581. The first-order chi connectivity index (χ1) is 68.5. The Hall–Kier alpha value is -13.5. The molecule has 2 heterocycles. The fraction of sp³-hybridized carbons (Fsp3) is 0.159. The average Bonchev–Trinajstić information content (AvgIpc) is 0.753. The van der Waals surface area contributed by atoms with E-state index in [0.717, 1.165) is 162 Å². The number of hydrogen-bond acceptors (Lipinski definition) is 7. The number of halogens is 9. The van der Waals surface area contributed by atoms with Crippen molar-refractivity contribution in [2.75, 3.05) is 16.9 Å². The topological polar surface area (TPSA) is 75.6 Å². The van der Waals surface area contributed by atoms with Gasteiger partial charge in [-0.05, 0) is 176 Å². The smallest absolute Gasteiger partial charge is 0.497 e. The summed E-state index contributed by atoms with van der Waals surface area (Å²) in [6.45, 7) is 25.8. The number of benzene rings is 16. The number of nitrogens with zero attached hydrogens (tertiary/aromatic N) is 4. The van der Waals surface area contributed by atoms with Gasteiger partial charge in [0.2, 0.25) is 0 Å². The number of hydrogen-bond donors (Lipinski definition) is 0. The molecule has 0 saturated carbocycles. The molecule has 0 saturated heterocycles. The van der Waals surface area contributed by atoms with Crippen LogP contribution >= 0.6 is 14.3 Å². The van der Waals surface area contributed by atoms with Gasteiger partial charge in [-0.1, -0.05) is 276 Å². The molecule has 20 heteroatoms. The van der Waals surface area contributed by atoms with Gasteiger partial charge in [0, 0.05) is 54.6 Å². The van der Waals surface area contributed by atoms with Crippen LogP contribution in [0.4, 0.5) is 73.6 Å². The molecule has 16 aromatic carbocycles. The predicted octanol–water partition coefficient (Wildman–Crippen LogP) is 32.8. The maximum Gasteiger partial charge on any atom is 3.00 e. The van der Waals surface area contributed by atoms with Crippen LogP contribution in [0.1, 0.15) is 122 Å². The first-order valence-corrected chi connectivity index (χ1v) is 50.4. The van der Waals surface area contributed by atoms with E-state index in [4.69, 9.17) is 14.7 Å². The molecular formula is C126H107Au2F9N4O3P2. The van der Waals surface area contributed by atoms with Crippen LogP contribution < -0.4 is 46.4 Å². The second-order valence-electron chi connectivity index (χ2n) is 38.9. The molecule has 1 unspecified atom stereocenters. The minimum atomic E-state index is -4.63. The maximum absolute atomic E-state index is 15.2. The minimum Gasteiger partial charge on any atom is -0.497 e. The number of alkyl halides is 9. The molecular weight excluding hydrogens is 2240 g/mol. The Kier molecular flexibility index (Phi) is 35.0. The van der Waals surface area contributed by atoms with E-state index in [9.17, 15) is 39.5 Å². The number of rotatable bonds is 19. The minimum absolute atomic E-state index is 0. The second-order valence-corrected chi connectivity index (χ2v) is 44.4. The molecule has 0 aliphatic carbocycles. The predicted molar refractivity (Wildman–Crippen MR) is 571 cm³/mol. The molecule has 1 atom stereocenters. The normalized spacial score (nSPS) is 12.2. The molecule has 0 aliphatic heterocycles. The number of pyridine rings is 2. The molecule has 0 radical (unpaired) electrons. The van der Waals surface area contributed by atoms with Crippen LogP contribution in [0.25, 0.3) is 67.3 Å². The number of aromatic nitrogens is 2. The molecule has 18 rings (SSSR count). The van der Waals surface area contributed by atoms with Gasteiger partial charge in [0.15, 0.2) is 14.3 Å². The molecule has 0 N–H and O–H groups in total. The largest absolute Gasteiger partial charge is 3.00 e. The van der Waals surface area contributed by atoms with Crippen molar-refractivity contribution in [3.8, 4) is 73.0 Å². The zero-order valence-electron chi connectivity index (χ0n) is 82.7. The molecule has 0 spiro atoms. The summed E-state index contributed by atoms with van der Waals surface area (Å²) < 4.78 is 157. The van der Waals surface area contributed by atoms with E-state index in [-0.39, 0.29) is 82.3 Å². The van der Waals surface area contributed by atoms with E-state index in [1.54, 1.807) is 60.7 Å². The molecule has 0 fully saturated rings. The van der Waals surface area contributed by atoms with Crippen LogP contribution in [-0.2, 0) is 94.1 Å². The van der Waals surface area contributed by atoms with Crippen molar-refractivity contribution in [2.24, 2.45) is 0 Å². The molecule has 0 amide bonds. The van der Waals surface area contributed by atoms with Gasteiger partial charge in [-0.25, -0.2) is 0 Å². The summed E-state index contributed by atoms with van der Waals surface area (Å²) in [6, 6.07) is 143. The van der Waals surface area contributed by atoms with E-state index in [0.29, 0.717) is 33.1 Å². The summed E-state index contributed by atoms with van der Waals surface area (Å²) >= 11 is 0. The van der Waals surface area contributed by atoms with Crippen LogP contribution in [0.15, 0.2) is 413 Å². The van der Waals surface area contributed by atoms with Crippen molar-refractivity contribution < 1.29 is 98.1 Å². The van der Waals surface area contributed by atoms with Crippen LogP contribution in [0.5, 0.6) is 5.75 Å². The summed E-state index contributed by atoms with van der Waals surface area (Å²) in [4.78, 5) is 14.5. The van der Waals surface area contributed by atoms with Crippen LogP contribution in [0, 0.1) is 36.4 Å². The third-order valence-electron chi connectivity index (χ3n) is 24.7. The van der Waals surface area contributed by atoms with Crippen molar-refractivity contribution in [3.63, 3.8) is 0 Å². The first-order valence-electron chi connectivity index (χ1n) is 47.0. The molecule has 0 aliphatic rings. The van der Waals surface area contributed by atoms with E-state index in [1.807, 2.05) is 133 Å². The van der Waals surface area contributed by atoms with Gasteiger partial charge in [0.1, 0.15) is 5.75 Å². The van der Waals surface area contributed by atoms with Crippen LogP contribution in [0.2, 0.25) is 0 Å². The molecule has 7 nitrogen and oxygen atoms in total. The van der Waals surface area contributed by atoms with Gasteiger partial charge in [-0.2, -0.15) is 75.9 Å². The third kappa shape index (κ3) is 26.7. The molecule has 0 bridgehead atoms. The fourth-order valence-electron chi connectivity index (χ4n) is 16.4. The Morgan fingerprint density at radius 1 is 0.247 bits per heavy atom. The summed E-state index contributed by atoms with van der Waals surface area (Å²) in [6.07, 6.45) is -13.8. The molecule has 744 valence electrons. The Morgan fingerprint density at radius 2 is 0.445 bits per heavy atom. The van der Waals surface area contributed by atoms with Crippen molar-refractivity contribution in [1.82, 2.24) is 9.97 Å². The number of anilines is 6. The Bertz CT molecular complexity index is 6890. The van der Waals surface area contributed by atoms with Gasteiger partial charge in [-0.15, -0.1) is 166 Å². The Labute approximate surface area is 882 Å². The summed E-state index contributed by atoms with van der Waals surface area (Å²) in [5.41, 5.74) is 18.0. The monoisotopic (exact) mass is 2350 g/mol. The standard InChI is InChI=1S/C45H38F6NOP.C45H41F3NO2P.2C18H14N.2Au/c1-42(2,3)33-13-7-30(8-14-33)40-27-32(28-41(52-40)31-9-15-34(16-10-31)43(4,5)6)29-11-21-37(22-12-29)54(53,38-23-17-35(18-24-38)44(46,47)48)39-25-19-36(20-26-39)45(49,50)51;1-43(2,3)34-14-8-31(9-15-34)41-28-33(29-42(49-41)32-10-16-35(17-11-32)44(4,5)6)30-12-22-38(23-13-30)52(50,40-26-20-37(51-7)21-27-40)39-24-18-36(19-25-39)45(46,47)48;2*1-4-10-16(11-5-1)19(17-12-6-2-7-13-17)18-14-8-3-9-15-18;;/h7,9,11-28H,1-6H3;8,10,12-29H,1-7H3;2*1-2,4-15H;;/q2*-2;2*-1;2*+3. The van der Waals surface area contributed by atoms with Gasteiger partial charge in [-0.3, -0.25) is 0 Å². The van der Waals surface area contributed by atoms with Gasteiger partial charge in [0.25, 0.3) is 0 Å². The van der Waals surface area contributed by atoms with E-state index in [2.05, 4.69) is 275 Å². The fourth-order valence-corrected chi connectivity index (χ4v) is 21.6. The first kappa shape index (κ1) is 110. The second kappa shape index (κ2) is 46.5. The molecule has 18 aromatic rings. The quantitative estimate of drug-likeness (QED) is 0.0345. The Morgan fingerprint density at radius 3 is 0.637 bits per heavy atom. The summed E-state index contributed by atoms with van der Waals surface area (Å²) in [7, 11) is -5.99. The number of para-hydroxylation sites is 4. The third-order valence-corrected chi connectivity index (χ3v) is 30.8. The summed E-state index contributed by atoms with van der Waals surface area (Å²) in [5, 5.41) is 1.64. The number of methoxy groups -OCH3 is 1. The Balaban J connectivity index is 0.000000178. The molecule has 146 heavy (non-hydrogen) atoms. The van der Waals surface area contributed by atoms with Gasteiger partial charge < -0.3 is 33.6 Å². The average molecular weight is 2350 g/mol. The van der Waals surface area contributed by atoms with Crippen molar-refractivity contribution >= 4 is 80.2 Å². The van der Waals surface area contributed by atoms with Crippen molar-refractivity contribution in [3.05, 3.63) is 488 Å². The van der Waals surface area contributed by atoms with Crippen LogP contribution in [0.3, 0.4) is 0 Å². The van der Waals surface area contributed by atoms with Crippen LogP contribution in [-0.4, -0.2) is 17.1 Å². The number of ether oxygens (including phenoxy) is 1. The SMILES string of the molecule is CC(C)(C)c1c[c-]c(-c2cc(-c3ccc(P(=O)(c4ccc(C(F)(F)F)cc4)c4ccc(C(F)(F)F)cc4)cc3)cc(-c3[c-]cc(C(C)(C)C)cc3)n2)cc1.COc1ccc(P(=O)(c2ccc(-c3cc(-c4[c-]cc(C(C)(C)C)cc4)nc(-c4[c-]cc(C(C)(C)C)cc4)c3)cc2)c2ccc(C(F)(F)F)cc2)cc1.[Au+3].[Au+3].[c-]1ccc(N(c2ccccc2)c2ccccc2)cc1.[c-]1ccc(N(c2ccccc2)c2ccccc2)cc1. The zero-order valence-corrected chi connectivity index (χ0v) is 88.8. The maximum atomic E-state index is 15.2. The zero-order chi connectivity index (χ0) is 103. The van der Waals surface area contributed by atoms with Crippen molar-refractivity contribution in [1.29, 1.82) is 0 Å².